The average Bonchev–Trinajstić information content (AvgIpc) is 2.87. The molecular formula is C20H35NO16. The van der Waals surface area contributed by atoms with Crippen LogP contribution >= 0.6 is 0 Å². The Labute approximate surface area is 210 Å². The Morgan fingerprint density at radius 1 is 0.649 bits per heavy atom. The van der Waals surface area contributed by atoms with E-state index in [2.05, 4.69) is 5.32 Å². The van der Waals surface area contributed by atoms with E-state index in [1.165, 1.54) is 0 Å². The molecular weight excluding hydrogens is 510 g/mol. The second-order valence-corrected chi connectivity index (χ2v) is 9.07. The molecule has 1 amide bonds. The summed E-state index contributed by atoms with van der Waals surface area (Å²) in [5.74, 6) is -0.637. The van der Waals surface area contributed by atoms with Gasteiger partial charge in [0, 0.05) is 6.92 Å². The third-order valence-corrected chi connectivity index (χ3v) is 6.49. The lowest BCUT2D eigenvalue weighted by Crippen LogP contribution is -2.68. The van der Waals surface area contributed by atoms with Crippen LogP contribution in [-0.2, 0) is 28.5 Å². The number of nitrogens with one attached hydrogen (secondary N) is 1. The molecule has 3 saturated heterocycles. The van der Waals surface area contributed by atoms with Gasteiger partial charge in [-0.05, 0) is 0 Å². The highest BCUT2D eigenvalue weighted by Crippen LogP contribution is 2.32. The van der Waals surface area contributed by atoms with E-state index >= 15 is 0 Å². The molecule has 3 rings (SSSR count). The van der Waals surface area contributed by atoms with Crippen LogP contribution in [0, 0.1) is 0 Å². The van der Waals surface area contributed by atoms with Crippen LogP contribution in [0.25, 0.3) is 0 Å². The Bertz CT molecular complexity index is 743. The fraction of sp³-hybridized carbons (Fsp3) is 0.950. The van der Waals surface area contributed by atoms with Gasteiger partial charge in [0.1, 0.15) is 73.2 Å². The molecule has 0 spiro atoms. The Morgan fingerprint density at radius 3 is 1.68 bits per heavy atom. The van der Waals surface area contributed by atoms with Gasteiger partial charge in [0.2, 0.25) is 5.91 Å². The summed E-state index contributed by atoms with van der Waals surface area (Å²) in [7, 11) is 0. The summed E-state index contributed by atoms with van der Waals surface area (Å²) in [5, 5.41) is 103. The van der Waals surface area contributed by atoms with E-state index in [1.807, 2.05) is 0 Å². The molecule has 17 nitrogen and oxygen atoms in total. The van der Waals surface area contributed by atoms with Crippen LogP contribution in [0.2, 0.25) is 0 Å². The minimum absolute atomic E-state index is 0.637. The largest absolute Gasteiger partial charge is 0.394 e. The zero-order chi connectivity index (χ0) is 27.6. The van der Waals surface area contributed by atoms with Gasteiger partial charge in [0.25, 0.3) is 0 Å². The Balaban J connectivity index is 1.77. The normalized spacial score (nSPS) is 49.0. The van der Waals surface area contributed by atoms with Gasteiger partial charge >= 0.3 is 0 Å². The number of aliphatic hydroxyl groups excluding tert-OH is 10. The second kappa shape index (κ2) is 12.8. The number of carbonyl (C=O) groups is 1. The van der Waals surface area contributed by atoms with Gasteiger partial charge in [0.15, 0.2) is 18.9 Å². The van der Waals surface area contributed by atoms with Crippen LogP contribution < -0.4 is 5.32 Å². The number of amides is 1. The lowest BCUT2D eigenvalue weighted by molar-refractivity contribution is -0.372. The molecule has 15 atom stereocenters. The Hall–Kier alpha value is -1.13. The molecule has 1 unspecified atom stereocenters. The van der Waals surface area contributed by atoms with E-state index in [0.717, 1.165) is 6.92 Å². The third-order valence-electron chi connectivity index (χ3n) is 6.49. The molecule has 11 N–H and O–H groups in total. The number of hydrogen-bond donors (Lipinski definition) is 11. The number of carbonyl (C=O) groups excluding carboxylic acids is 1. The van der Waals surface area contributed by atoms with Crippen molar-refractivity contribution in [2.45, 2.75) is 99.0 Å². The first-order valence-corrected chi connectivity index (χ1v) is 11.6. The van der Waals surface area contributed by atoms with E-state index in [4.69, 9.17) is 23.7 Å². The zero-order valence-electron chi connectivity index (χ0n) is 19.7. The number of aliphatic hydroxyl groups is 10. The summed E-state index contributed by atoms with van der Waals surface area (Å²) in [6.45, 7) is -1.21. The van der Waals surface area contributed by atoms with Crippen molar-refractivity contribution in [2.24, 2.45) is 0 Å². The molecule has 0 bridgehead atoms. The molecule has 3 fully saturated rings. The van der Waals surface area contributed by atoms with Crippen LogP contribution in [-0.4, -0.2) is 169 Å². The van der Waals surface area contributed by atoms with Crippen molar-refractivity contribution in [3.63, 3.8) is 0 Å². The first-order chi connectivity index (χ1) is 17.4. The molecule has 37 heavy (non-hydrogen) atoms. The van der Waals surface area contributed by atoms with E-state index in [-0.39, 0.29) is 0 Å². The summed E-state index contributed by atoms with van der Waals surface area (Å²) in [4.78, 5) is 11.6. The average molecular weight is 545 g/mol. The van der Waals surface area contributed by atoms with Crippen molar-refractivity contribution in [1.29, 1.82) is 0 Å². The number of hydrogen-bond acceptors (Lipinski definition) is 16. The van der Waals surface area contributed by atoms with Crippen LogP contribution in [0.5, 0.6) is 0 Å². The third kappa shape index (κ3) is 6.38. The van der Waals surface area contributed by atoms with Crippen molar-refractivity contribution in [1.82, 2.24) is 5.32 Å². The first kappa shape index (κ1) is 30.4. The topological polar surface area (TPSA) is 278 Å². The van der Waals surface area contributed by atoms with Gasteiger partial charge in [-0.1, -0.05) is 0 Å². The lowest BCUT2D eigenvalue weighted by atomic mass is 9.95. The molecule has 0 aromatic heterocycles. The molecule has 17 heteroatoms. The summed E-state index contributed by atoms with van der Waals surface area (Å²) in [5.41, 5.74) is 0. The minimum Gasteiger partial charge on any atom is -0.394 e. The monoisotopic (exact) mass is 545 g/mol. The number of ether oxygens (including phenoxy) is 5. The second-order valence-electron chi connectivity index (χ2n) is 9.07. The van der Waals surface area contributed by atoms with E-state index in [1.54, 1.807) is 0 Å². The molecule has 3 heterocycles. The SMILES string of the molecule is CC(=O)N[C@@H]1[C@H](O[C@H]2[C@H](O)[C@@H](O)[C@@H](O[C@H]3[C@H](O)[C@@H](O)C(O)O[C@@H]3CO)O[C@@H]2CO)O[C@H](CO)[C@@H](O)[C@@H]1O. The Morgan fingerprint density at radius 2 is 1.14 bits per heavy atom. The van der Waals surface area contributed by atoms with Gasteiger partial charge in [-0.2, -0.15) is 0 Å². The molecule has 0 radical (unpaired) electrons. The highest BCUT2D eigenvalue weighted by atomic mass is 16.7. The van der Waals surface area contributed by atoms with Gasteiger partial charge in [-0.25, -0.2) is 0 Å². The predicted molar refractivity (Wildman–Crippen MR) is 113 cm³/mol. The van der Waals surface area contributed by atoms with Crippen LogP contribution in [0.1, 0.15) is 6.92 Å². The molecule has 0 saturated carbocycles. The first-order valence-electron chi connectivity index (χ1n) is 11.6. The molecule has 0 aromatic carbocycles. The van der Waals surface area contributed by atoms with Crippen LogP contribution in [0.3, 0.4) is 0 Å². The van der Waals surface area contributed by atoms with Crippen LogP contribution in [0.15, 0.2) is 0 Å². The van der Waals surface area contributed by atoms with Gasteiger partial charge in [0.05, 0.1) is 19.8 Å². The maximum Gasteiger partial charge on any atom is 0.217 e. The molecule has 0 aliphatic carbocycles. The zero-order valence-corrected chi connectivity index (χ0v) is 19.7. The molecule has 0 aromatic rings. The van der Waals surface area contributed by atoms with Crippen molar-refractivity contribution in [3.8, 4) is 0 Å². The maximum absolute atomic E-state index is 11.6. The lowest BCUT2D eigenvalue weighted by Gasteiger charge is -2.48. The molecule has 216 valence electrons. The van der Waals surface area contributed by atoms with E-state index < -0.39 is 118 Å². The van der Waals surface area contributed by atoms with E-state index in [9.17, 15) is 55.9 Å². The van der Waals surface area contributed by atoms with Crippen LogP contribution in [0.4, 0.5) is 0 Å². The highest BCUT2D eigenvalue weighted by molar-refractivity contribution is 5.73. The summed E-state index contributed by atoms with van der Waals surface area (Å²) >= 11 is 0. The Kier molecular flexibility index (Phi) is 10.5. The maximum atomic E-state index is 11.6. The summed E-state index contributed by atoms with van der Waals surface area (Å²) < 4.78 is 27.0. The standard InChI is InChI=1S/C20H35NO16/c1-5(25)21-9-11(27)10(26)6(2-22)34-19(9)36-17-8(4-24)35-20(15(31)13(17)29)37-16-7(3-23)33-18(32)14(30)12(16)28/h6-20,22-24,26-32H,2-4H2,1H3,(H,21,25)/t6-,7-,8-,9+,10-,11-,12-,13-,14-,15-,16-,17-,18?,19+,20-/m1/s1. The van der Waals surface area contributed by atoms with Gasteiger partial charge in [-0.15, -0.1) is 0 Å². The van der Waals surface area contributed by atoms with Crippen molar-refractivity contribution < 1.29 is 79.5 Å². The minimum atomic E-state index is -1.92. The summed E-state index contributed by atoms with van der Waals surface area (Å²) in [6.07, 6.45) is -23.1. The van der Waals surface area contributed by atoms with Crippen molar-refractivity contribution in [3.05, 3.63) is 0 Å². The fourth-order valence-corrected chi connectivity index (χ4v) is 4.46. The van der Waals surface area contributed by atoms with Crippen molar-refractivity contribution >= 4 is 5.91 Å². The summed E-state index contributed by atoms with van der Waals surface area (Å²) in [6, 6.07) is -1.39. The smallest absolute Gasteiger partial charge is 0.217 e. The van der Waals surface area contributed by atoms with Crippen molar-refractivity contribution in [2.75, 3.05) is 19.8 Å². The predicted octanol–water partition coefficient (Wildman–Crippen LogP) is -7.43. The molecule has 3 aliphatic heterocycles. The fourth-order valence-electron chi connectivity index (χ4n) is 4.46. The van der Waals surface area contributed by atoms with Gasteiger partial charge in [-0.3, -0.25) is 4.79 Å². The molecule has 3 aliphatic rings. The van der Waals surface area contributed by atoms with Gasteiger partial charge < -0.3 is 80.1 Å². The number of rotatable bonds is 8. The quantitative estimate of drug-likeness (QED) is 0.135. The highest BCUT2D eigenvalue weighted by Gasteiger charge is 2.53. The van der Waals surface area contributed by atoms with E-state index in [0.29, 0.717) is 0 Å².